The number of hydrogen-bond donors (Lipinski definition) is 1. The van der Waals surface area contributed by atoms with Gasteiger partial charge in [0, 0.05) is 11.8 Å². The van der Waals surface area contributed by atoms with Crippen LogP contribution in [-0.2, 0) is 12.8 Å². The molecule has 2 aromatic rings. The largest absolute Gasteiger partial charge is 0.349 e. The Balaban J connectivity index is 2.48. The van der Waals surface area contributed by atoms with Gasteiger partial charge in [0.05, 0.1) is 4.92 Å². The molecule has 4 heteroatoms. The fraction of sp³-hybridized carbons (Fsp3) is 0.400. The van der Waals surface area contributed by atoms with Gasteiger partial charge in [-0.15, -0.1) is 0 Å². The van der Waals surface area contributed by atoms with Gasteiger partial charge in [-0.2, -0.15) is 0 Å². The van der Waals surface area contributed by atoms with Gasteiger partial charge in [-0.1, -0.05) is 58.0 Å². The zero-order valence-electron chi connectivity index (χ0n) is 14.9. The summed E-state index contributed by atoms with van der Waals surface area (Å²) in [6, 6.07) is 13.1. The Morgan fingerprint density at radius 2 is 1.46 bits per heavy atom. The summed E-state index contributed by atoms with van der Waals surface area (Å²) in [6.07, 6.45) is 1.88. The minimum absolute atomic E-state index is 0.104. The van der Waals surface area contributed by atoms with Crippen LogP contribution in [0, 0.1) is 22.0 Å². The zero-order chi connectivity index (χ0) is 17.7. The monoisotopic (exact) mass is 326 g/mol. The van der Waals surface area contributed by atoms with E-state index in [9.17, 15) is 10.1 Å². The van der Waals surface area contributed by atoms with E-state index in [0.29, 0.717) is 17.5 Å². The number of nitro groups is 1. The van der Waals surface area contributed by atoms with Crippen LogP contribution in [0.15, 0.2) is 42.5 Å². The van der Waals surface area contributed by atoms with E-state index in [2.05, 4.69) is 51.2 Å². The number of nitrogens with one attached hydrogen (secondary N) is 1. The van der Waals surface area contributed by atoms with Crippen molar-refractivity contribution >= 4 is 17.1 Å². The molecule has 0 unspecified atom stereocenters. The Morgan fingerprint density at radius 3 is 1.96 bits per heavy atom. The Kier molecular flexibility index (Phi) is 5.96. The van der Waals surface area contributed by atoms with Crippen molar-refractivity contribution in [1.29, 1.82) is 0 Å². The van der Waals surface area contributed by atoms with E-state index in [-0.39, 0.29) is 10.6 Å². The summed E-state index contributed by atoms with van der Waals surface area (Å²) in [7, 11) is 0. The van der Waals surface area contributed by atoms with Crippen LogP contribution in [0.1, 0.15) is 38.8 Å². The van der Waals surface area contributed by atoms with Gasteiger partial charge >= 0.3 is 0 Å². The minimum Gasteiger partial charge on any atom is -0.349 e. The highest BCUT2D eigenvalue weighted by Gasteiger charge is 2.17. The van der Waals surface area contributed by atoms with Gasteiger partial charge in [0.1, 0.15) is 5.69 Å². The van der Waals surface area contributed by atoms with Crippen LogP contribution in [-0.4, -0.2) is 4.92 Å². The molecule has 0 aliphatic rings. The molecule has 0 saturated heterocycles. The lowest BCUT2D eigenvalue weighted by atomic mass is 9.94. The Hall–Kier alpha value is -2.36. The molecule has 0 fully saturated rings. The second-order valence-electron chi connectivity index (χ2n) is 7.05. The lowest BCUT2D eigenvalue weighted by molar-refractivity contribution is -0.383. The third-order valence-corrected chi connectivity index (χ3v) is 3.85. The van der Waals surface area contributed by atoms with Gasteiger partial charge in [0.25, 0.3) is 5.69 Å². The lowest BCUT2D eigenvalue weighted by Gasteiger charge is -2.19. The van der Waals surface area contributed by atoms with Crippen LogP contribution in [0.5, 0.6) is 0 Å². The first-order chi connectivity index (χ1) is 11.4. The number of nitrogens with zero attached hydrogens (tertiary/aromatic N) is 1. The fourth-order valence-corrected chi connectivity index (χ4v) is 2.91. The first-order valence-corrected chi connectivity index (χ1v) is 8.49. The third kappa shape index (κ3) is 4.57. The molecule has 2 rings (SSSR count). The highest BCUT2D eigenvalue weighted by Crippen LogP contribution is 2.33. The van der Waals surface area contributed by atoms with Crippen molar-refractivity contribution in [2.45, 2.75) is 40.5 Å². The van der Waals surface area contributed by atoms with Crippen molar-refractivity contribution in [1.82, 2.24) is 0 Å². The van der Waals surface area contributed by atoms with E-state index in [1.54, 1.807) is 12.1 Å². The molecule has 0 aromatic heterocycles. The zero-order valence-corrected chi connectivity index (χ0v) is 14.9. The molecule has 128 valence electrons. The van der Waals surface area contributed by atoms with E-state index < -0.39 is 0 Å². The summed E-state index contributed by atoms with van der Waals surface area (Å²) in [5.41, 5.74) is 4.09. The Bertz CT molecular complexity index is 680. The maximum absolute atomic E-state index is 11.3. The lowest BCUT2D eigenvalue weighted by Crippen LogP contribution is -2.07. The summed E-state index contributed by atoms with van der Waals surface area (Å²) in [4.78, 5) is 11.0. The number of nitro benzene ring substituents is 1. The Morgan fingerprint density at radius 1 is 0.917 bits per heavy atom. The topological polar surface area (TPSA) is 55.2 Å². The molecule has 2 aromatic carbocycles. The molecular weight excluding hydrogens is 300 g/mol. The number of benzene rings is 2. The molecule has 0 saturated carbocycles. The molecule has 1 N–H and O–H groups in total. The van der Waals surface area contributed by atoms with Crippen LogP contribution in [0.2, 0.25) is 0 Å². The van der Waals surface area contributed by atoms with Crippen LogP contribution in [0.4, 0.5) is 17.1 Å². The molecule has 0 aliphatic heterocycles. The molecule has 0 spiro atoms. The Labute approximate surface area is 144 Å². The second-order valence-corrected chi connectivity index (χ2v) is 7.05. The summed E-state index contributed by atoms with van der Waals surface area (Å²) in [5, 5.41) is 14.7. The van der Waals surface area contributed by atoms with Crippen molar-refractivity contribution in [2.24, 2.45) is 11.8 Å². The third-order valence-electron chi connectivity index (χ3n) is 3.85. The van der Waals surface area contributed by atoms with E-state index in [1.807, 2.05) is 6.07 Å². The SMILES string of the molecule is CC(C)Cc1cccc(CC(C)C)c1Nc1ccccc1[N+](=O)[O-]. The van der Waals surface area contributed by atoms with E-state index in [0.717, 1.165) is 18.5 Å². The predicted molar refractivity (Wildman–Crippen MR) is 99.9 cm³/mol. The first kappa shape index (κ1) is 18.0. The molecule has 0 bridgehead atoms. The number of hydrogen-bond acceptors (Lipinski definition) is 3. The maximum atomic E-state index is 11.3. The highest BCUT2D eigenvalue weighted by molar-refractivity contribution is 5.73. The van der Waals surface area contributed by atoms with Gasteiger partial charge in [-0.3, -0.25) is 10.1 Å². The number of para-hydroxylation sites is 3. The molecule has 0 amide bonds. The second kappa shape index (κ2) is 7.95. The van der Waals surface area contributed by atoms with E-state index >= 15 is 0 Å². The van der Waals surface area contributed by atoms with E-state index in [1.165, 1.54) is 17.2 Å². The maximum Gasteiger partial charge on any atom is 0.292 e. The first-order valence-electron chi connectivity index (χ1n) is 8.49. The van der Waals surface area contributed by atoms with Crippen molar-refractivity contribution in [2.75, 3.05) is 5.32 Å². The molecule has 0 aliphatic carbocycles. The fourth-order valence-electron chi connectivity index (χ4n) is 2.91. The van der Waals surface area contributed by atoms with Crippen LogP contribution < -0.4 is 5.32 Å². The summed E-state index contributed by atoms with van der Waals surface area (Å²) < 4.78 is 0. The van der Waals surface area contributed by atoms with Gasteiger partial charge in [-0.25, -0.2) is 0 Å². The predicted octanol–water partition coefficient (Wildman–Crippen LogP) is 5.74. The molecule has 4 nitrogen and oxygen atoms in total. The van der Waals surface area contributed by atoms with Crippen molar-refractivity contribution < 1.29 is 4.92 Å². The van der Waals surface area contributed by atoms with Crippen LogP contribution >= 0.6 is 0 Å². The van der Waals surface area contributed by atoms with Gasteiger partial charge in [0.15, 0.2) is 0 Å². The molecule has 0 radical (unpaired) electrons. The molecule has 0 heterocycles. The number of rotatable bonds is 7. The van der Waals surface area contributed by atoms with Crippen LogP contribution in [0.3, 0.4) is 0 Å². The summed E-state index contributed by atoms with van der Waals surface area (Å²) in [6.45, 7) is 8.74. The molecule has 24 heavy (non-hydrogen) atoms. The van der Waals surface area contributed by atoms with Gasteiger partial charge < -0.3 is 5.32 Å². The molecule has 0 atom stereocenters. The number of anilines is 2. The van der Waals surface area contributed by atoms with Crippen molar-refractivity contribution in [3.63, 3.8) is 0 Å². The van der Waals surface area contributed by atoms with E-state index in [4.69, 9.17) is 0 Å². The summed E-state index contributed by atoms with van der Waals surface area (Å²) in [5.74, 6) is 1.04. The van der Waals surface area contributed by atoms with Gasteiger partial charge in [-0.05, 0) is 41.9 Å². The van der Waals surface area contributed by atoms with Crippen molar-refractivity contribution in [3.05, 3.63) is 63.7 Å². The minimum atomic E-state index is -0.338. The van der Waals surface area contributed by atoms with Crippen molar-refractivity contribution in [3.8, 4) is 0 Å². The molecular formula is C20H26N2O2. The standard InChI is InChI=1S/C20H26N2O2/c1-14(2)12-16-8-7-9-17(13-15(3)4)20(16)21-18-10-5-6-11-19(18)22(23)24/h5-11,14-15,21H,12-13H2,1-4H3. The summed E-state index contributed by atoms with van der Waals surface area (Å²) >= 11 is 0. The smallest absolute Gasteiger partial charge is 0.292 e. The normalized spacial score (nSPS) is 11.1. The van der Waals surface area contributed by atoms with Gasteiger partial charge in [0.2, 0.25) is 0 Å². The average Bonchev–Trinajstić information content (AvgIpc) is 2.49. The highest BCUT2D eigenvalue weighted by atomic mass is 16.6. The average molecular weight is 326 g/mol. The quantitative estimate of drug-likeness (QED) is 0.522. The van der Waals surface area contributed by atoms with Crippen LogP contribution in [0.25, 0.3) is 0 Å².